The smallest absolute Gasteiger partial charge is 0.305 e. The minimum atomic E-state index is -0.843. The fourth-order valence-electron chi connectivity index (χ4n) is 11.6. The molecule has 6 heteroatoms. The molecule has 0 aliphatic carbocycles. The van der Waals surface area contributed by atoms with Crippen LogP contribution in [0.2, 0.25) is 0 Å². The maximum atomic E-state index is 12.5. The maximum absolute atomic E-state index is 12.5. The molecular weight excluding hydrogens is 983 g/mol. The average molecular weight is 1130 g/mol. The summed E-state index contributed by atoms with van der Waals surface area (Å²) < 4.78 is 5.50. The Bertz CT molecular complexity index is 1250. The van der Waals surface area contributed by atoms with Gasteiger partial charge in [0, 0.05) is 12.8 Å². The van der Waals surface area contributed by atoms with Gasteiger partial charge in [0.05, 0.1) is 25.4 Å². The van der Waals surface area contributed by atoms with E-state index in [1.807, 2.05) is 6.08 Å². The molecule has 2 atom stereocenters. The highest BCUT2D eigenvalue weighted by atomic mass is 16.5. The van der Waals surface area contributed by atoms with Gasteiger partial charge in [-0.15, -0.1) is 0 Å². The Balaban J connectivity index is 3.36. The van der Waals surface area contributed by atoms with Crippen LogP contribution in [-0.2, 0) is 14.3 Å². The van der Waals surface area contributed by atoms with Crippen LogP contribution in [0.5, 0.6) is 0 Å². The molecular formula is C74H143NO5. The number of ether oxygens (including phenoxy) is 1. The number of carbonyl (C=O) groups excluding carboxylic acids is 2. The van der Waals surface area contributed by atoms with Gasteiger partial charge in [-0.3, -0.25) is 9.59 Å². The summed E-state index contributed by atoms with van der Waals surface area (Å²) in [4.78, 5) is 24.6. The molecule has 0 aromatic rings. The number of rotatable bonds is 69. The summed E-state index contributed by atoms with van der Waals surface area (Å²) in [5, 5.41) is 23.2. The number of allylic oxidation sites excluding steroid dienone is 3. The number of hydrogen-bond acceptors (Lipinski definition) is 5. The second-order valence-corrected chi connectivity index (χ2v) is 25.3. The van der Waals surface area contributed by atoms with Gasteiger partial charge in [0.1, 0.15) is 0 Å². The third kappa shape index (κ3) is 65.5. The summed E-state index contributed by atoms with van der Waals surface area (Å²) in [7, 11) is 0. The Morgan fingerprint density at radius 1 is 0.338 bits per heavy atom. The van der Waals surface area contributed by atoms with Crippen LogP contribution in [0, 0.1) is 0 Å². The van der Waals surface area contributed by atoms with Crippen molar-refractivity contribution in [1.82, 2.24) is 5.32 Å². The number of carbonyl (C=O) groups is 2. The first kappa shape index (κ1) is 78.3. The van der Waals surface area contributed by atoms with Crippen LogP contribution in [0.4, 0.5) is 0 Å². The third-order valence-electron chi connectivity index (χ3n) is 17.2. The SMILES string of the molecule is CCCCCCCC/C=C\CCCCCCCCCC(=O)OCCCCCCCCCCCCCCCCCCCCCCCCCCCCCC(=O)NC(CO)C(O)/C=C/CCCCCCCCCCCCCCCCCCC. The summed E-state index contributed by atoms with van der Waals surface area (Å²) in [5.41, 5.74) is 0. The van der Waals surface area contributed by atoms with Crippen LogP contribution in [-0.4, -0.2) is 47.4 Å². The lowest BCUT2D eigenvalue weighted by Crippen LogP contribution is -2.45. The standard InChI is InChI=1S/C74H143NO5/c1-3-5-7-9-11-13-15-17-19-21-31-35-38-42-46-50-54-58-62-66-72(77)71(70-76)75-73(78)67-63-59-55-51-47-43-39-36-32-29-27-25-23-22-24-26-28-30-33-37-41-45-49-53-57-61-65-69-80-74(79)68-64-60-56-52-48-44-40-34-20-18-16-14-12-10-8-6-4-2/h18,20,62,66,71-72,76-77H,3-17,19,21-61,63-65,67-70H2,1-2H3,(H,75,78)/b20-18-,66-62+. The van der Waals surface area contributed by atoms with E-state index < -0.39 is 12.1 Å². The van der Waals surface area contributed by atoms with Crippen LogP contribution < -0.4 is 5.32 Å². The molecule has 0 aromatic heterocycles. The zero-order valence-corrected chi connectivity index (χ0v) is 54.3. The summed E-state index contributed by atoms with van der Waals surface area (Å²) >= 11 is 0. The molecule has 0 radical (unpaired) electrons. The van der Waals surface area contributed by atoms with Gasteiger partial charge in [-0.25, -0.2) is 0 Å². The molecule has 474 valence electrons. The number of aliphatic hydroxyl groups is 2. The quantitative estimate of drug-likeness (QED) is 0.0320. The van der Waals surface area contributed by atoms with Gasteiger partial charge in [0.25, 0.3) is 0 Å². The van der Waals surface area contributed by atoms with Crippen molar-refractivity contribution in [2.45, 2.75) is 424 Å². The van der Waals surface area contributed by atoms with Crippen molar-refractivity contribution in [3.63, 3.8) is 0 Å². The Morgan fingerprint density at radius 2 is 0.588 bits per heavy atom. The predicted molar refractivity (Wildman–Crippen MR) is 352 cm³/mol. The summed E-state index contributed by atoms with van der Waals surface area (Å²) in [5.74, 6) is -0.0461. The zero-order chi connectivity index (χ0) is 57.8. The highest BCUT2D eigenvalue weighted by Gasteiger charge is 2.18. The van der Waals surface area contributed by atoms with Crippen molar-refractivity contribution in [1.29, 1.82) is 0 Å². The van der Waals surface area contributed by atoms with E-state index in [0.717, 1.165) is 44.9 Å². The molecule has 80 heavy (non-hydrogen) atoms. The topological polar surface area (TPSA) is 95.9 Å². The largest absolute Gasteiger partial charge is 0.466 e. The number of esters is 1. The number of unbranched alkanes of at least 4 members (excludes halogenated alkanes) is 56. The van der Waals surface area contributed by atoms with Crippen molar-refractivity contribution < 1.29 is 24.5 Å². The molecule has 2 unspecified atom stereocenters. The lowest BCUT2D eigenvalue weighted by atomic mass is 10.0. The lowest BCUT2D eigenvalue weighted by molar-refractivity contribution is -0.143. The normalized spacial score (nSPS) is 12.6. The molecule has 0 aliphatic rings. The number of hydrogen-bond donors (Lipinski definition) is 3. The van der Waals surface area contributed by atoms with Crippen molar-refractivity contribution >= 4 is 11.9 Å². The molecule has 1 amide bonds. The summed E-state index contributed by atoms with van der Waals surface area (Å²) in [6.07, 6.45) is 88.4. The van der Waals surface area contributed by atoms with E-state index in [9.17, 15) is 19.8 Å². The molecule has 3 N–H and O–H groups in total. The number of amides is 1. The maximum Gasteiger partial charge on any atom is 0.305 e. The zero-order valence-electron chi connectivity index (χ0n) is 54.3. The van der Waals surface area contributed by atoms with Gasteiger partial charge in [0.15, 0.2) is 0 Å². The predicted octanol–water partition coefficient (Wildman–Crippen LogP) is 23.7. The Kier molecular flexibility index (Phi) is 68.4. The van der Waals surface area contributed by atoms with E-state index >= 15 is 0 Å². The summed E-state index contributed by atoms with van der Waals surface area (Å²) in [6, 6.07) is -0.626. The third-order valence-corrected chi connectivity index (χ3v) is 17.2. The van der Waals surface area contributed by atoms with Crippen LogP contribution >= 0.6 is 0 Å². The number of aliphatic hydroxyl groups excluding tert-OH is 2. The first-order chi connectivity index (χ1) is 39.5. The minimum absolute atomic E-state index is 0.0152. The minimum Gasteiger partial charge on any atom is -0.466 e. The van der Waals surface area contributed by atoms with Gasteiger partial charge < -0.3 is 20.3 Å². The van der Waals surface area contributed by atoms with Gasteiger partial charge >= 0.3 is 5.97 Å². The van der Waals surface area contributed by atoms with Crippen molar-refractivity contribution in [3.8, 4) is 0 Å². The Morgan fingerprint density at radius 3 is 0.887 bits per heavy atom. The van der Waals surface area contributed by atoms with Crippen LogP contribution in [0.15, 0.2) is 24.3 Å². The van der Waals surface area contributed by atoms with Crippen molar-refractivity contribution in [2.75, 3.05) is 13.2 Å². The number of nitrogens with one attached hydrogen (secondary N) is 1. The van der Waals surface area contributed by atoms with Crippen molar-refractivity contribution in [3.05, 3.63) is 24.3 Å². The van der Waals surface area contributed by atoms with Gasteiger partial charge in [-0.2, -0.15) is 0 Å². The molecule has 0 rings (SSSR count). The van der Waals surface area contributed by atoms with Gasteiger partial charge in [-0.05, 0) is 57.8 Å². The molecule has 6 nitrogen and oxygen atoms in total. The first-order valence-corrected chi connectivity index (χ1v) is 36.6. The molecule has 0 spiro atoms. The second kappa shape index (κ2) is 69.8. The summed E-state index contributed by atoms with van der Waals surface area (Å²) in [6.45, 7) is 4.94. The van der Waals surface area contributed by atoms with E-state index in [1.165, 1.54) is 340 Å². The molecule has 0 bridgehead atoms. The van der Waals surface area contributed by atoms with E-state index in [2.05, 4.69) is 31.3 Å². The van der Waals surface area contributed by atoms with Crippen molar-refractivity contribution in [2.24, 2.45) is 0 Å². The molecule has 0 saturated heterocycles. The molecule has 0 saturated carbocycles. The average Bonchev–Trinajstić information content (AvgIpc) is 3.46. The van der Waals surface area contributed by atoms with Crippen LogP contribution in [0.25, 0.3) is 0 Å². The molecule has 0 heterocycles. The molecule has 0 aromatic carbocycles. The van der Waals surface area contributed by atoms with E-state index in [0.29, 0.717) is 19.4 Å². The Hall–Kier alpha value is -1.66. The van der Waals surface area contributed by atoms with Gasteiger partial charge in [-0.1, -0.05) is 366 Å². The lowest BCUT2D eigenvalue weighted by Gasteiger charge is -2.20. The highest BCUT2D eigenvalue weighted by molar-refractivity contribution is 5.76. The highest BCUT2D eigenvalue weighted by Crippen LogP contribution is 2.19. The molecule has 0 aliphatic heterocycles. The fourth-order valence-corrected chi connectivity index (χ4v) is 11.6. The monoisotopic (exact) mass is 1130 g/mol. The van der Waals surface area contributed by atoms with E-state index in [-0.39, 0.29) is 18.5 Å². The van der Waals surface area contributed by atoms with Crippen LogP contribution in [0.1, 0.15) is 412 Å². The van der Waals surface area contributed by atoms with E-state index in [1.54, 1.807) is 6.08 Å². The second-order valence-electron chi connectivity index (χ2n) is 25.3. The Labute approximate surface area is 501 Å². The first-order valence-electron chi connectivity index (χ1n) is 36.6. The van der Waals surface area contributed by atoms with E-state index in [4.69, 9.17) is 4.74 Å². The van der Waals surface area contributed by atoms with Crippen LogP contribution in [0.3, 0.4) is 0 Å². The van der Waals surface area contributed by atoms with Gasteiger partial charge in [0.2, 0.25) is 5.91 Å². The fraction of sp³-hybridized carbons (Fsp3) is 0.919. The molecule has 0 fully saturated rings.